The highest BCUT2D eigenvalue weighted by molar-refractivity contribution is 8.00. The Balaban J connectivity index is 2.06. The van der Waals surface area contributed by atoms with Crippen LogP contribution in [0.15, 0.2) is 21.8 Å². The van der Waals surface area contributed by atoms with Crippen LogP contribution in [0, 0.1) is 20.8 Å². The summed E-state index contributed by atoms with van der Waals surface area (Å²) in [4.78, 5) is 21.0. The molecule has 2 aromatic heterocycles. The van der Waals surface area contributed by atoms with Gasteiger partial charge in [0.05, 0.1) is 5.25 Å². The lowest BCUT2D eigenvalue weighted by Gasteiger charge is -2.12. The van der Waals surface area contributed by atoms with Crippen molar-refractivity contribution >= 4 is 23.5 Å². The summed E-state index contributed by atoms with van der Waals surface area (Å²) in [6.07, 6.45) is 0.670. The summed E-state index contributed by atoms with van der Waals surface area (Å²) in [5.41, 5.74) is 1.79. The van der Waals surface area contributed by atoms with E-state index in [0.29, 0.717) is 23.2 Å². The summed E-state index contributed by atoms with van der Waals surface area (Å²) in [6.45, 7) is 7.56. The summed E-state index contributed by atoms with van der Waals surface area (Å²) >= 11 is 1.36. The van der Waals surface area contributed by atoms with Crippen LogP contribution in [0.1, 0.15) is 30.5 Å². The predicted octanol–water partition coefficient (Wildman–Crippen LogP) is 2.90. The van der Waals surface area contributed by atoms with E-state index in [1.165, 1.54) is 11.8 Å². The van der Waals surface area contributed by atoms with Crippen LogP contribution in [0.25, 0.3) is 0 Å². The van der Waals surface area contributed by atoms with Gasteiger partial charge in [-0.05, 0) is 33.3 Å². The number of hydrogen-bond acceptors (Lipinski definition) is 6. The molecule has 0 spiro atoms. The molecule has 2 heterocycles. The van der Waals surface area contributed by atoms with Gasteiger partial charge in [-0.2, -0.15) is 0 Å². The molecule has 0 saturated carbocycles. The smallest absolute Gasteiger partial charge is 0.239 e. The van der Waals surface area contributed by atoms with Crippen LogP contribution in [0.5, 0.6) is 0 Å². The molecule has 0 aromatic carbocycles. The summed E-state index contributed by atoms with van der Waals surface area (Å²) in [7, 11) is 0. The first-order valence-electron chi connectivity index (χ1n) is 6.71. The number of hydrogen-bond donors (Lipinski definition) is 1. The topological polar surface area (TPSA) is 80.9 Å². The third kappa shape index (κ3) is 4.29. The first kappa shape index (κ1) is 15.5. The number of nitrogens with one attached hydrogen (secondary N) is 1. The Hall–Kier alpha value is -1.89. The lowest BCUT2D eigenvalue weighted by Crippen LogP contribution is -2.25. The molecular weight excluding hydrogens is 288 g/mol. The third-order valence-corrected chi connectivity index (χ3v) is 3.98. The highest BCUT2D eigenvalue weighted by atomic mass is 32.2. The molecule has 1 atom stereocenters. The lowest BCUT2D eigenvalue weighted by molar-refractivity contribution is -0.115. The van der Waals surface area contributed by atoms with Crippen LogP contribution >= 0.6 is 11.8 Å². The Morgan fingerprint density at radius 3 is 2.48 bits per heavy atom. The van der Waals surface area contributed by atoms with Gasteiger partial charge in [0.2, 0.25) is 5.91 Å². The van der Waals surface area contributed by atoms with Crippen molar-refractivity contribution in [2.75, 3.05) is 5.32 Å². The predicted molar refractivity (Wildman–Crippen MR) is 81.3 cm³/mol. The van der Waals surface area contributed by atoms with Gasteiger partial charge in [0.25, 0.3) is 0 Å². The average Bonchev–Trinajstić information content (AvgIpc) is 2.80. The van der Waals surface area contributed by atoms with E-state index < -0.39 is 0 Å². The number of anilines is 1. The zero-order valence-corrected chi connectivity index (χ0v) is 13.3. The SMILES string of the molecule is CC[C@@H](Sc1nc(C)cc(C)n1)C(=O)Nc1cc(C)on1. The molecule has 0 radical (unpaired) electrons. The normalized spacial score (nSPS) is 12.2. The van der Waals surface area contributed by atoms with Crippen molar-refractivity contribution in [2.24, 2.45) is 0 Å². The minimum atomic E-state index is -0.275. The summed E-state index contributed by atoms with van der Waals surface area (Å²) in [5.74, 6) is 0.958. The molecule has 0 aliphatic carbocycles. The number of thioether (sulfide) groups is 1. The third-order valence-electron chi connectivity index (χ3n) is 2.75. The Labute approximate surface area is 127 Å². The first-order chi connectivity index (χ1) is 9.97. The molecule has 0 aliphatic heterocycles. The van der Waals surface area contributed by atoms with Crippen molar-refractivity contribution in [1.29, 1.82) is 0 Å². The van der Waals surface area contributed by atoms with Gasteiger partial charge in [-0.3, -0.25) is 4.79 Å². The Kier molecular flexibility index (Phi) is 4.95. The summed E-state index contributed by atoms with van der Waals surface area (Å²) in [6, 6.07) is 3.59. The number of aryl methyl sites for hydroxylation is 3. The molecule has 6 nitrogen and oxygen atoms in total. The van der Waals surface area contributed by atoms with Crippen LogP contribution < -0.4 is 5.32 Å². The van der Waals surface area contributed by atoms with Gasteiger partial charge in [-0.15, -0.1) is 0 Å². The van der Waals surface area contributed by atoms with E-state index in [1.54, 1.807) is 13.0 Å². The average molecular weight is 306 g/mol. The van der Waals surface area contributed by atoms with E-state index in [9.17, 15) is 4.79 Å². The molecule has 1 amide bonds. The fraction of sp³-hybridized carbons (Fsp3) is 0.429. The van der Waals surface area contributed by atoms with Gasteiger partial charge < -0.3 is 9.84 Å². The van der Waals surface area contributed by atoms with E-state index in [0.717, 1.165) is 11.4 Å². The van der Waals surface area contributed by atoms with Crippen molar-refractivity contribution in [3.05, 3.63) is 29.3 Å². The molecule has 0 saturated heterocycles. The maximum Gasteiger partial charge on any atom is 0.239 e. The fourth-order valence-corrected chi connectivity index (χ4v) is 2.81. The summed E-state index contributed by atoms with van der Waals surface area (Å²) < 4.78 is 4.93. The second-order valence-electron chi connectivity index (χ2n) is 4.76. The van der Waals surface area contributed by atoms with Crippen molar-refractivity contribution in [2.45, 2.75) is 44.5 Å². The van der Waals surface area contributed by atoms with E-state index in [1.807, 2.05) is 26.8 Å². The molecule has 0 unspecified atom stereocenters. The monoisotopic (exact) mass is 306 g/mol. The van der Waals surface area contributed by atoms with Crippen molar-refractivity contribution in [3.63, 3.8) is 0 Å². The molecule has 1 N–H and O–H groups in total. The molecular formula is C14H18N4O2S. The minimum Gasteiger partial charge on any atom is -0.360 e. The summed E-state index contributed by atoms with van der Waals surface area (Å²) in [5, 5.41) is 6.85. The Bertz CT molecular complexity index is 621. The number of rotatable bonds is 5. The Morgan fingerprint density at radius 2 is 1.95 bits per heavy atom. The molecule has 0 fully saturated rings. The van der Waals surface area contributed by atoms with Gasteiger partial charge in [-0.1, -0.05) is 23.8 Å². The quantitative estimate of drug-likeness (QED) is 0.675. The molecule has 7 heteroatoms. The van der Waals surface area contributed by atoms with Crippen molar-refractivity contribution in [1.82, 2.24) is 15.1 Å². The molecule has 0 aliphatic rings. The number of amides is 1. The van der Waals surface area contributed by atoms with Gasteiger partial charge in [0.15, 0.2) is 11.0 Å². The fourth-order valence-electron chi connectivity index (χ4n) is 1.83. The largest absolute Gasteiger partial charge is 0.360 e. The second kappa shape index (κ2) is 6.71. The minimum absolute atomic E-state index is 0.126. The van der Waals surface area contributed by atoms with E-state index >= 15 is 0 Å². The highest BCUT2D eigenvalue weighted by Crippen LogP contribution is 2.24. The molecule has 2 rings (SSSR count). The Morgan fingerprint density at radius 1 is 1.29 bits per heavy atom. The maximum absolute atomic E-state index is 12.3. The molecule has 0 bridgehead atoms. The zero-order chi connectivity index (χ0) is 15.4. The number of carbonyl (C=O) groups excluding carboxylic acids is 1. The van der Waals surface area contributed by atoms with Gasteiger partial charge in [0.1, 0.15) is 5.76 Å². The number of aromatic nitrogens is 3. The highest BCUT2D eigenvalue weighted by Gasteiger charge is 2.20. The number of carbonyl (C=O) groups is 1. The van der Waals surface area contributed by atoms with E-state index in [2.05, 4.69) is 20.4 Å². The van der Waals surface area contributed by atoms with Crippen molar-refractivity contribution < 1.29 is 9.32 Å². The first-order valence-corrected chi connectivity index (χ1v) is 7.59. The van der Waals surface area contributed by atoms with E-state index in [-0.39, 0.29) is 11.2 Å². The molecule has 112 valence electrons. The van der Waals surface area contributed by atoms with Crippen LogP contribution in [-0.4, -0.2) is 26.3 Å². The van der Waals surface area contributed by atoms with Crippen LogP contribution in [0.3, 0.4) is 0 Å². The number of nitrogens with zero attached hydrogens (tertiary/aromatic N) is 3. The molecule has 2 aromatic rings. The van der Waals surface area contributed by atoms with Gasteiger partial charge in [-0.25, -0.2) is 9.97 Å². The van der Waals surface area contributed by atoms with Crippen molar-refractivity contribution in [3.8, 4) is 0 Å². The van der Waals surface area contributed by atoms with Gasteiger partial charge in [0, 0.05) is 17.5 Å². The van der Waals surface area contributed by atoms with Gasteiger partial charge >= 0.3 is 0 Å². The van der Waals surface area contributed by atoms with E-state index in [4.69, 9.17) is 4.52 Å². The van der Waals surface area contributed by atoms with Crippen LogP contribution in [0.4, 0.5) is 5.82 Å². The van der Waals surface area contributed by atoms with Crippen LogP contribution in [-0.2, 0) is 4.79 Å². The lowest BCUT2D eigenvalue weighted by atomic mass is 10.3. The van der Waals surface area contributed by atoms with Crippen LogP contribution in [0.2, 0.25) is 0 Å². The zero-order valence-electron chi connectivity index (χ0n) is 12.5. The molecule has 21 heavy (non-hydrogen) atoms. The second-order valence-corrected chi connectivity index (χ2v) is 5.93. The maximum atomic E-state index is 12.3. The standard InChI is InChI=1S/C14H18N4O2S/c1-5-11(13(19)17-12-7-10(4)20-18-12)21-14-15-8(2)6-9(3)16-14/h6-7,11H,5H2,1-4H3,(H,17,18,19)/t11-/m1/s1.